The van der Waals surface area contributed by atoms with E-state index in [0.717, 1.165) is 37.2 Å². The molecule has 1 aromatic carbocycles. The minimum absolute atomic E-state index is 0.588. The molecule has 0 bridgehead atoms. The van der Waals surface area contributed by atoms with E-state index >= 15 is 0 Å². The second-order valence-corrected chi connectivity index (χ2v) is 6.11. The van der Waals surface area contributed by atoms with Gasteiger partial charge in [-0.15, -0.1) is 0 Å². The fraction of sp³-hybridized carbons (Fsp3) is 0.647. The van der Waals surface area contributed by atoms with Crippen molar-refractivity contribution in [1.82, 2.24) is 10.2 Å². The van der Waals surface area contributed by atoms with Crippen LogP contribution in [0.2, 0.25) is 0 Å². The first kappa shape index (κ1) is 17.3. The fourth-order valence-corrected chi connectivity index (χ4v) is 2.94. The number of hydrogen-bond donors (Lipinski definition) is 1. The lowest BCUT2D eigenvalue weighted by atomic mass is 10.0. The molecule has 1 aliphatic rings. The Morgan fingerprint density at radius 1 is 1.18 bits per heavy atom. The summed E-state index contributed by atoms with van der Waals surface area (Å²) in [6.45, 7) is 6.09. The third-order valence-electron chi connectivity index (χ3n) is 4.35. The highest BCUT2D eigenvalue weighted by Crippen LogP contribution is 2.29. The summed E-state index contributed by atoms with van der Waals surface area (Å²) >= 11 is 0. The van der Waals surface area contributed by atoms with Crippen molar-refractivity contribution < 1.29 is 13.2 Å². The Hall–Kier alpha value is -1.07. The van der Waals surface area contributed by atoms with Gasteiger partial charge >= 0.3 is 6.18 Å². The summed E-state index contributed by atoms with van der Waals surface area (Å²) < 4.78 is 37.4. The maximum absolute atomic E-state index is 12.5. The van der Waals surface area contributed by atoms with Crippen LogP contribution < -0.4 is 5.32 Å². The zero-order chi connectivity index (χ0) is 16.0. The fourth-order valence-electron chi connectivity index (χ4n) is 2.94. The van der Waals surface area contributed by atoms with Crippen LogP contribution in [-0.4, -0.2) is 30.6 Å². The molecule has 1 unspecified atom stereocenters. The predicted molar refractivity (Wildman–Crippen MR) is 82.7 cm³/mol. The molecule has 124 valence electrons. The van der Waals surface area contributed by atoms with Gasteiger partial charge in [-0.3, -0.25) is 0 Å². The molecule has 0 aliphatic carbocycles. The van der Waals surface area contributed by atoms with Crippen molar-refractivity contribution in [2.75, 3.05) is 19.6 Å². The second kappa shape index (κ2) is 7.97. The molecule has 1 saturated heterocycles. The van der Waals surface area contributed by atoms with Crippen molar-refractivity contribution in [3.05, 3.63) is 35.4 Å². The van der Waals surface area contributed by atoms with Crippen molar-refractivity contribution in [3.63, 3.8) is 0 Å². The van der Waals surface area contributed by atoms with E-state index in [0.29, 0.717) is 12.6 Å². The Morgan fingerprint density at radius 3 is 2.55 bits per heavy atom. The summed E-state index contributed by atoms with van der Waals surface area (Å²) in [4.78, 5) is 2.53. The molecule has 1 heterocycles. The smallest absolute Gasteiger partial charge is 0.313 e. The van der Waals surface area contributed by atoms with Crippen LogP contribution in [0.5, 0.6) is 0 Å². The van der Waals surface area contributed by atoms with Crippen LogP contribution in [0.15, 0.2) is 24.3 Å². The van der Waals surface area contributed by atoms with Gasteiger partial charge in [-0.05, 0) is 63.5 Å². The van der Waals surface area contributed by atoms with Crippen molar-refractivity contribution in [1.29, 1.82) is 0 Å². The van der Waals surface area contributed by atoms with Crippen LogP contribution in [-0.2, 0) is 12.7 Å². The molecule has 0 saturated carbocycles. The molecular weight excluding hydrogens is 289 g/mol. The molecular formula is C17H25F3N2. The normalized spacial score (nSPS) is 20.3. The lowest BCUT2D eigenvalue weighted by Crippen LogP contribution is -2.38. The van der Waals surface area contributed by atoms with Gasteiger partial charge in [0.25, 0.3) is 0 Å². The van der Waals surface area contributed by atoms with E-state index in [1.54, 1.807) is 12.1 Å². The third kappa shape index (κ3) is 5.29. The summed E-state index contributed by atoms with van der Waals surface area (Å²) in [7, 11) is 0. The highest BCUT2D eigenvalue weighted by molar-refractivity contribution is 5.24. The molecule has 5 heteroatoms. The molecule has 0 radical (unpaired) electrons. The van der Waals surface area contributed by atoms with Crippen LogP contribution in [0, 0.1) is 0 Å². The average Bonchev–Trinajstić information content (AvgIpc) is 2.48. The van der Waals surface area contributed by atoms with Crippen LogP contribution in [0.1, 0.15) is 43.7 Å². The Morgan fingerprint density at radius 2 is 1.91 bits per heavy atom. The highest BCUT2D eigenvalue weighted by Gasteiger charge is 2.29. The molecule has 1 fully saturated rings. The number of benzene rings is 1. The first-order chi connectivity index (χ1) is 10.5. The lowest BCUT2D eigenvalue weighted by molar-refractivity contribution is -0.137. The highest BCUT2D eigenvalue weighted by atomic mass is 19.4. The van der Waals surface area contributed by atoms with E-state index < -0.39 is 11.7 Å². The van der Waals surface area contributed by atoms with Crippen molar-refractivity contribution in [2.45, 2.75) is 51.4 Å². The Kier molecular flexibility index (Phi) is 6.26. The largest absolute Gasteiger partial charge is 0.416 e. The van der Waals surface area contributed by atoms with Gasteiger partial charge in [0, 0.05) is 12.6 Å². The molecule has 1 atom stereocenters. The summed E-state index contributed by atoms with van der Waals surface area (Å²) in [5, 5.41) is 3.31. The van der Waals surface area contributed by atoms with Crippen molar-refractivity contribution >= 4 is 0 Å². The summed E-state index contributed by atoms with van der Waals surface area (Å²) in [6.07, 6.45) is 0.744. The number of alkyl halides is 3. The quantitative estimate of drug-likeness (QED) is 0.797. The van der Waals surface area contributed by atoms with Crippen LogP contribution in [0.25, 0.3) is 0 Å². The minimum atomic E-state index is -4.25. The van der Waals surface area contributed by atoms with E-state index in [9.17, 15) is 13.2 Å². The molecule has 0 aromatic heterocycles. The molecule has 2 nitrogen and oxygen atoms in total. The van der Waals surface area contributed by atoms with Gasteiger partial charge in [0.15, 0.2) is 0 Å². The average molecular weight is 314 g/mol. The van der Waals surface area contributed by atoms with Gasteiger partial charge in [0.2, 0.25) is 0 Å². The van der Waals surface area contributed by atoms with E-state index in [2.05, 4.69) is 17.1 Å². The van der Waals surface area contributed by atoms with E-state index in [4.69, 9.17) is 0 Å². The standard InChI is InChI=1S/C17H25F3N2/c1-14-5-2-3-11-22(14)12-4-10-21-13-15-6-8-16(9-7-15)17(18,19)20/h6-9,14,21H,2-5,10-13H2,1H3. The van der Waals surface area contributed by atoms with Crippen LogP contribution in [0.4, 0.5) is 13.2 Å². The molecule has 22 heavy (non-hydrogen) atoms. The van der Waals surface area contributed by atoms with Crippen molar-refractivity contribution in [2.24, 2.45) is 0 Å². The van der Waals surface area contributed by atoms with Crippen molar-refractivity contribution in [3.8, 4) is 0 Å². The van der Waals surface area contributed by atoms with Gasteiger partial charge in [-0.1, -0.05) is 18.6 Å². The molecule has 1 aliphatic heterocycles. The number of halogens is 3. The Balaban J connectivity index is 1.64. The molecule has 0 spiro atoms. The predicted octanol–water partition coefficient (Wildman–Crippen LogP) is 4.06. The Labute approximate surface area is 130 Å². The first-order valence-corrected chi connectivity index (χ1v) is 8.08. The van der Waals surface area contributed by atoms with Gasteiger partial charge in [-0.2, -0.15) is 13.2 Å². The van der Waals surface area contributed by atoms with Crippen LogP contribution >= 0.6 is 0 Å². The molecule has 1 aromatic rings. The van der Waals surface area contributed by atoms with Gasteiger partial charge in [0.05, 0.1) is 5.56 Å². The van der Waals surface area contributed by atoms with E-state index in [-0.39, 0.29) is 0 Å². The zero-order valence-electron chi connectivity index (χ0n) is 13.1. The Bertz CT molecular complexity index is 442. The summed E-state index contributed by atoms with van der Waals surface area (Å²) in [5.41, 5.74) is 0.301. The summed E-state index contributed by atoms with van der Waals surface area (Å²) in [6, 6.07) is 6.06. The number of hydrogen-bond acceptors (Lipinski definition) is 2. The van der Waals surface area contributed by atoms with Gasteiger partial charge in [0.1, 0.15) is 0 Å². The topological polar surface area (TPSA) is 15.3 Å². The van der Waals surface area contributed by atoms with E-state index in [1.165, 1.54) is 25.8 Å². The number of piperidine rings is 1. The van der Waals surface area contributed by atoms with E-state index in [1.807, 2.05) is 0 Å². The second-order valence-electron chi connectivity index (χ2n) is 6.11. The maximum atomic E-state index is 12.5. The SMILES string of the molecule is CC1CCCCN1CCCNCc1ccc(C(F)(F)F)cc1. The summed E-state index contributed by atoms with van der Waals surface area (Å²) in [5.74, 6) is 0. The number of nitrogens with one attached hydrogen (secondary N) is 1. The minimum Gasteiger partial charge on any atom is -0.313 e. The zero-order valence-corrected chi connectivity index (χ0v) is 13.1. The molecule has 0 amide bonds. The van der Waals surface area contributed by atoms with Crippen LogP contribution in [0.3, 0.4) is 0 Å². The van der Waals surface area contributed by atoms with Gasteiger partial charge < -0.3 is 10.2 Å². The molecule has 1 N–H and O–H groups in total. The number of rotatable bonds is 6. The first-order valence-electron chi connectivity index (χ1n) is 8.08. The van der Waals surface area contributed by atoms with Gasteiger partial charge in [-0.25, -0.2) is 0 Å². The number of nitrogens with zero attached hydrogens (tertiary/aromatic N) is 1. The third-order valence-corrected chi connectivity index (χ3v) is 4.35. The monoisotopic (exact) mass is 314 g/mol. The molecule has 2 rings (SSSR count). The lowest BCUT2D eigenvalue weighted by Gasteiger charge is -2.33. The maximum Gasteiger partial charge on any atom is 0.416 e. The number of likely N-dealkylation sites (tertiary alicyclic amines) is 1.